The van der Waals surface area contributed by atoms with Crippen molar-refractivity contribution in [1.82, 2.24) is 4.90 Å². The molecule has 0 radical (unpaired) electrons. The third kappa shape index (κ3) is 25.0. The van der Waals surface area contributed by atoms with Gasteiger partial charge in [0.15, 0.2) is 0 Å². The molecule has 0 aromatic carbocycles. The number of hydrogen-bond acceptors (Lipinski definition) is 5. The van der Waals surface area contributed by atoms with Crippen LogP contribution in [0.5, 0.6) is 0 Å². The summed E-state index contributed by atoms with van der Waals surface area (Å²) in [6.07, 6.45) is 31.6. The predicted molar refractivity (Wildman–Crippen MR) is 182 cm³/mol. The van der Waals surface area contributed by atoms with E-state index in [-0.39, 0.29) is 12.6 Å². The monoisotopic (exact) mass is 608 g/mol. The summed E-state index contributed by atoms with van der Waals surface area (Å²) >= 11 is 0. The van der Waals surface area contributed by atoms with Gasteiger partial charge in [-0.05, 0) is 69.9 Å². The van der Waals surface area contributed by atoms with E-state index in [1.165, 1.54) is 116 Å². The van der Waals surface area contributed by atoms with Crippen LogP contribution in [0.4, 0.5) is 0 Å². The molecule has 0 atom stereocenters. The fraction of sp³-hybridized carbons (Fsp3) is 0.947. The van der Waals surface area contributed by atoms with E-state index in [2.05, 4.69) is 18.7 Å². The summed E-state index contributed by atoms with van der Waals surface area (Å²) in [5.41, 5.74) is 0. The van der Waals surface area contributed by atoms with Gasteiger partial charge in [0.05, 0.1) is 13.2 Å². The number of unbranched alkanes of at least 4 members (excludes halogenated alkanes) is 15. The Morgan fingerprint density at radius 2 is 1.12 bits per heavy atom. The molecule has 0 bridgehead atoms. The average Bonchev–Trinajstić information content (AvgIpc) is 3.01. The van der Waals surface area contributed by atoms with E-state index in [0.29, 0.717) is 24.7 Å². The first-order chi connectivity index (χ1) is 21.1. The van der Waals surface area contributed by atoms with Gasteiger partial charge in [-0.15, -0.1) is 0 Å². The number of aliphatic hydroxyl groups excluding tert-OH is 1. The highest BCUT2D eigenvalue weighted by atomic mass is 16.5. The molecular weight excluding hydrogens is 534 g/mol. The van der Waals surface area contributed by atoms with E-state index in [9.17, 15) is 14.7 Å². The average molecular weight is 608 g/mol. The fourth-order valence-corrected chi connectivity index (χ4v) is 6.76. The van der Waals surface area contributed by atoms with Crippen molar-refractivity contribution in [2.45, 2.75) is 187 Å². The van der Waals surface area contributed by atoms with E-state index < -0.39 is 0 Å². The number of hydrogen-bond donors (Lipinski definition) is 1. The second-order valence-corrected chi connectivity index (χ2v) is 13.7. The van der Waals surface area contributed by atoms with Crippen molar-refractivity contribution in [3.05, 3.63) is 0 Å². The smallest absolute Gasteiger partial charge is 0.305 e. The Balaban J connectivity index is 1.92. The van der Waals surface area contributed by atoms with Crippen LogP contribution in [0.3, 0.4) is 0 Å². The highest BCUT2D eigenvalue weighted by Gasteiger charge is 2.22. The minimum Gasteiger partial charge on any atom is -0.466 e. The Kier molecular flexibility index (Phi) is 27.7. The number of carbonyl (C=O) groups excluding carboxylic acids is 2. The maximum atomic E-state index is 12.5. The van der Waals surface area contributed by atoms with E-state index in [0.717, 1.165) is 76.9 Å². The van der Waals surface area contributed by atoms with Crippen LogP contribution in [-0.4, -0.2) is 54.6 Å². The lowest BCUT2D eigenvalue weighted by atomic mass is 9.78. The Hall–Kier alpha value is -0.940. The van der Waals surface area contributed by atoms with Gasteiger partial charge in [-0.1, -0.05) is 123 Å². The van der Waals surface area contributed by atoms with E-state index in [1.54, 1.807) is 0 Å². The van der Waals surface area contributed by atoms with Gasteiger partial charge in [-0.3, -0.25) is 9.59 Å². The molecule has 0 saturated heterocycles. The molecule has 43 heavy (non-hydrogen) atoms. The topological polar surface area (TPSA) is 66.8 Å². The molecule has 5 heteroatoms. The molecule has 254 valence electrons. The van der Waals surface area contributed by atoms with Crippen molar-refractivity contribution in [2.24, 2.45) is 11.8 Å². The Morgan fingerprint density at radius 3 is 1.72 bits per heavy atom. The van der Waals surface area contributed by atoms with Gasteiger partial charge in [0.1, 0.15) is 5.78 Å². The molecule has 0 aromatic rings. The number of rotatable bonds is 31. The van der Waals surface area contributed by atoms with Crippen LogP contribution < -0.4 is 0 Å². The Bertz CT molecular complexity index is 631. The Labute approximate surface area is 267 Å². The minimum atomic E-state index is -0.0260. The molecule has 0 unspecified atom stereocenters. The first-order valence-electron chi connectivity index (χ1n) is 19.1. The maximum absolute atomic E-state index is 12.5. The first-order valence-corrected chi connectivity index (χ1v) is 19.1. The van der Waals surface area contributed by atoms with Crippen LogP contribution in [0.25, 0.3) is 0 Å². The normalized spacial score (nSPS) is 17.0. The molecule has 0 spiro atoms. The molecule has 1 N–H and O–H groups in total. The summed E-state index contributed by atoms with van der Waals surface area (Å²) in [6.45, 7) is 8.21. The quantitative estimate of drug-likeness (QED) is 0.0627. The largest absolute Gasteiger partial charge is 0.466 e. The van der Waals surface area contributed by atoms with Crippen molar-refractivity contribution < 1.29 is 19.4 Å². The van der Waals surface area contributed by atoms with Gasteiger partial charge in [-0.25, -0.2) is 0 Å². The zero-order valence-electron chi connectivity index (χ0n) is 28.9. The number of esters is 1. The number of aliphatic hydroxyl groups is 1. The van der Waals surface area contributed by atoms with Crippen LogP contribution in [0.15, 0.2) is 0 Å². The van der Waals surface area contributed by atoms with Gasteiger partial charge in [-0.2, -0.15) is 0 Å². The third-order valence-corrected chi connectivity index (χ3v) is 9.66. The third-order valence-electron chi connectivity index (χ3n) is 9.66. The molecule has 0 heterocycles. The molecule has 0 amide bonds. The van der Waals surface area contributed by atoms with Crippen LogP contribution in [0, 0.1) is 11.8 Å². The number of carbonyl (C=O) groups is 2. The zero-order chi connectivity index (χ0) is 31.2. The van der Waals surface area contributed by atoms with Crippen LogP contribution >= 0.6 is 0 Å². The molecular formula is C38H73NO4. The van der Waals surface area contributed by atoms with Crippen molar-refractivity contribution in [3.8, 4) is 0 Å². The van der Waals surface area contributed by atoms with Crippen LogP contribution in [0.2, 0.25) is 0 Å². The summed E-state index contributed by atoms with van der Waals surface area (Å²) in [5, 5.41) is 9.47. The maximum Gasteiger partial charge on any atom is 0.305 e. The molecule has 1 aliphatic rings. The van der Waals surface area contributed by atoms with Gasteiger partial charge < -0.3 is 14.7 Å². The summed E-state index contributed by atoms with van der Waals surface area (Å²) in [4.78, 5) is 26.8. The van der Waals surface area contributed by atoms with Gasteiger partial charge in [0.25, 0.3) is 0 Å². The molecule has 1 aliphatic carbocycles. The van der Waals surface area contributed by atoms with E-state index in [1.807, 2.05) is 0 Å². The second kappa shape index (κ2) is 29.8. The summed E-state index contributed by atoms with van der Waals surface area (Å²) in [6, 6.07) is 0. The number of ketones is 1. The summed E-state index contributed by atoms with van der Waals surface area (Å²) < 4.78 is 5.39. The van der Waals surface area contributed by atoms with Gasteiger partial charge >= 0.3 is 5.97 Å². The first kappa shape index (κ1) is 40.1. The Morgan fingerprint density at radius 1 is 0.605 bits per heavy atom. The summed E-state index contributed by atoms with van der Waals surface area (Å²) in [5.74, 6) is 2.07. The van der Waals surface area contributed by atoms with Crippen LogP contribution in [0.1, 0.15) is 187 Å². The number of nitrogens with zero attached hydrogens (tertiary/aromatic N) is 1. The molecule has 0 aliphatic heterocycles. The lowest BCUT2D eigenvalue weighted by Crippen LogP contribution is -2.29. The second-order valence-electron chi connectivity index (χ2n) is 13.7. The van der Waals surface area contributed by atoms with Crippen molar-refractivity contribution in [1.29, 1.82) is 0 Å². The SMILES string of the molecule is CCCCCCCCCOC(=O)CCCCCCCN(CCO)CCCCCCCC(=O)CC1CCC(CCCC)CC1. The van der Waals surface area contributed by atoms with Gasteiger partial charge in [0, 0.05) is 25.8 Å². The lowest BCUT2D eigenvalue weighted by molar-refractivity contribution is -0.143. The summed E-state index contributed by atoms with van der Waals surface area (Å²) in [7, 11) is 0. The van der Waals surface area contributed by atoms with Crippen molar-refractivity contribution in [3.63, 3.8) is 0 Å². The van der Waals surface area contributed by atoms with Crippen LogP contribution in [-0.2, 0) is 14.3 Å². The minimum absolute atomic E-state index is 0.0260. The lowest BCUT2D eigenvalue weighted by Gasteiger charge is -2.28. The molecule has 1 fully saturated rings. The zero-order valence-corrected chi connectivity index (χ0v) is 28.9. The highest BCUT2D eigenvalue weighted by molar-refractivity contribution is 5.78. The molecule has 1 rings (SSSR count). The highest BCUT2D eigenvalue weighted by Crippen LogP contribution is 2.34. The van der Waals surface area contributed by atoms with Crippen molar-refractivity contribution >= 4 is 11.8 Å². The molecule has 0 aromatic heterocycles. The fourth-order valence-electron chi connectivity index (χ4n) is 6.76. The molecule has 1 saturated carbocycles. The number of Topliss-reactive ketones (excluding diaryl/α,β-unsaturated/α-hetero) is 1. The standard InChI is InChI=1S/C38H73NO4/c1-3-5-7-8-9-16-21-33-43-38(42)24-18-13-11-15-20-30-39(31-32-40)29-19-14-10-12-17-23-37(41)34-36-27-25-35(26-28-36)22-6-4-2/h35-36,40H,3-34H2,1-2H3. The number of ether oxygens (including phenoxy) is 1. The predicted octanol–water partition coefficient (Wildman–Crippen LogP) is 10.2. The van der Waals surface area contributed by atoms with Gasteiger partial charge in [0.2, 0.25) is 0 Å². The van der Waals surface area contributed by atoms with E-state index >= 15 is 0 Å². The van der Waals surface area contributed by atoms with Crippen molar-refractivity contribution in [2.75, 3.05) is 32.8 Å². The molecule has 5 nitrogen and oxygen atoms in total. The van der Waals surface area contributed by atoms with E-state index in [4.69, 9.17) is 4.74 Å².